The second-order valence-electron chi connectivity index (χ2n) is 2.78. The van der Waals surface area contributed by atoms with E-state index in [9.17, 15) is 0 Å². The van der Waals surface area contributed by atoms with Crippen LogP contribution in [-0.4, -0.2) is 36.1 Å². The van der Waals surface area contributed by atoms with Crippen LogP contribution < -0.4 is 0 Å². The van der Waals surface area contributed by atoms with Gasteiger partial charge in [0.2, 0.25) is 0 Å². The van der Waals surface area contributed by atoms with Gasteiger partial charge in [0.25, 0.3) is 0 Å². The van der Waals surface area contributed by atoms with Crippen LogP contribution in [0.15, 0.2) is 29.5 Å². The highest BCUT2D eigenvalue weighted by Gasteiger charge is 2.27. The van der Waals surface area contributed by atoms with Gasteiger partial charge < -0.3 is 5.11 Å². The molecule has 0 aromatic rings. The summed E-state index contributed by atoms with van der Waals surface area (Å²) in [6.45, 7) is 4.49. The highest BCUT2D eigenvalue weighted by molar-refractivity contribution is 5.52. The molecular formula is C8H13N2O+. The molecule has 0 fully saturated rings. The van der Waals surface area contributed by atoms with Crippen LogP contribution in [0.4, 0.5) is 0 Å². The summed E-state index contributed by atoms with van der Waals surface area (Å²) < 4.78 is 0.556. The molecule has 0 aromatic carbocycles. The number of aliphatic hydroxyl groups excluding tert-OH is 1. The summed E-state index contributed by atoms with van der Waals surface area (Å²) in [6.07, 6.45) is 5.32. The minimum atomic E-state index is 0.0599. The average molecular weight is 153 g/mol. The zero-order chi connectivity index (χ0) is 8.32. The van der Waals surface area contributed by atoms with E-state index in [0.29, 0.717) is 4.48 Å². The van der Waals surface area contributed by atoms with Crippen molar-refractivity contribution < 1.29 is 9.59 Å². The quantitative estimate of drug-likeness (QED) is 0.464. The molecule has 0 spiro atoms. The van der Waals surface area contributed by atoms with Gasteiger partial charge in [-0.2, -0.15) is 0 Å². The van der Waals surface area contributed by atoms with Crippen molar-refractivity contribution in [3.8, 4) is 0 Å². The molecule has 0 amide bonds. The van der Waals surface area contributed by atoms with Crippen molar-refractivity contribution in [1.82, 2.24) is 0 Å². The first-order valence-electron chi connectivity index (χ1n) is 3.54. The minimum absolute atomic E-state index is 0.0599. The van der Waals surface area contributed by atoms with Gasteiger partial charge in [0.15, 0.2) is 12.0 Å². The van der Waals surface area contributed by atoms with Crippen molar-refractivity contribution in [2.45, 2.75) is 0 Å². The summed E-state index contributed by atoms with van der Waals surface area (Å²) >= 11 is 0. The van der Waals surface area contributed by atoms with E-state index in [1.165, 1.54) is 0 Å². The Labute approximate surface area is 66.6 Å². The maximum atomic E-state index is 8.93. The predicted octanol–water partition coefficient (Wildman–Crippen LogP) is 0.495. The van der Waals surface area contributed by atoms with Crippen LogP contribution in [-0.2, 0) is 0 Å². The van der Waals surface area contributed by atoms with Crippen LogP contribution in [0, 0.1) is 0 Å². The number of aliphatic hydroxyl groups is 1. The molecule has 3 nitrogen and oxygen atoms in total. The fourth-order valence-electron chi connectivity index (χ4n) is 1.11. The molecule has 1 rings (SSSR count). The first kappa shape index (κ1) is 8.17. The normalized spacial score (nSPS) is 28.7. The fraction of sp³-hybridized carbons (Fsp3) is 0.375. The van der Waals surface area contributed by atoms with E-state index < -0.39 is 0 Å². The SMILES string of the molecule is C=CC[N+]1(C)C=NC=C1CO. The van der Waals surface area contributed by atoms with Gasteiger partial charge in [-0.15, -0.1) is 0 Å². The molecule has 1 aliphatic rings. The van der Waals surface area contributed by atoms with Crippen molar-refractivity contribution in [3.63, 3.8) is 0 Å². The molecule has 0 bridgehead atoms. The van der Waals surface area contributed by atoms with E-state index in [0.717, 1.165) is 12.2 Å². The van der Waals surface area contributed by atoms with Gasteiger partial charge in [-0.1, -0.05) is 6.58 Å². The Morgan fingerprint density at radius 1 is 1.82 bits per heavy atom. The number of aliphatic imine (C=N–C) groups is 1. The minimum Gasteiger partial charge on any atom is -0.386 e. The Morgan fingerprint density at radius 3 is 3.09 bits per heavy atom. The van der Waals surface area contributed by atoms with Gasteiger partial charge in [-0.05, 0) is 6.08 Å². The van der Waals surface area contributed by atoms with E-state index in [1.807, 2.05) is 13.1 Å². The maximum absolute atomic E-state index is 8.93. The monoisotopic (exact) mass is 153 g/mol. The molecule has 1 atom stereocenters. The lowest BCUT2D eigenvalue weighted by Crippen LogP contribution is -2.40. The fourth-order valence-corrected chi connectivity index (χ4v) is 1.11. The van der Waals surface area contributed by atoms with Gasteiger partial charge in [-0.3, -0.25) is 0 Å². The van der Waals surface area contributed by atoms with Crippen molar-refractivity contribution >= 4 is 6.34 Å². The number of likely N-dealkylation sites (N-methyl/N-ethyl adjacent to an activating group) is 1. The zero-order valence-electron chi connectivity index (χ0n) is 6.70. The molecule has 0 saturated carbocycles. The Morgan fingerprint density at radius 2 is 2.55 bits per heavy atom. The van der Waals surface area contributed by atoms with Crippen molar-refractivity contribution in [2.24, 2.45) is 4.99 Å². The summed E-state index contributed by atoms with van der Waals surface area (Å²) in [5, 5.41) is 8.93. The van der Waals surface area contributed by atoms with Gasteiger partial charge in [-0.25, -0.2) is 9.48 Å². The Kier molecular flexibility index (Phi) is 2.22. The number of hydrogen-bond acceptors (Lipinski definition) is 2. The molecule has 0 radical (unpaired) electrons. The number of nitrogens with zero attached hydrogens (tertiary/aromatic N) is 2. The highest BCUT2D eigenvalue weighted by atomic mass is 16.3. The predicted molar refractivity (Wildman–Crippen MR) is 44.9 cm³/mol. The molecule has 0 aliphatic carbocycles. The largest absolute Gasteiger partial charge is 0.386 e. The molecular weight excluding hydrogens is 140 g/mol. The second kappa shape index (κ2) is 2.98. The molecule has 1 aliphatic heterocycles. The Bertz CT molecular complexity index is 220. The van der Waals surface area contributed by atoms with E-state index in [1.54, 1.807) is 12.5 Å². The lowest BCUT2D eigenvalue weighted by Gasteiger charge is -2.24. The van der Waals surface area contributed by atoms with E-state index in [4.69, 9.17) is 5.11 Å². The van der Waals surface area contributed by atoms with E-state index in [-0.39, 0.29) is 6.61 Å². The Hall–Kier alpha value is -0.930. The molecule has 11 heavy (non-hydrogen) atoms. The van der Waals surface area contributed by atoms with Crippen LogP contribution in [0.5, 0.6) is 0 Å². The van der Waals surface area contributed by atoms with Crippen LogP contribution >= 0.6 is 0 Å². The standard InChI is InChI=1S/C8H13N2O/c1-3-4-10(2)7-9-5-8(10)6-11/h3,5,7,11H,1,4,6H2,2H3/q+1. The highest BCUT2D eigenvalue weighted by Crippen LogP contribution is 2.16. The van der Waals surface area contributed by atoms with Crippen molar-refractivity contribution in [3.05, 3.63) is 24.6 Å². The molecule has 60 valence electrons. The van der Waals surface area contributed by atoms with Crippen LogP contribution in [0.3, 0.4) is 0 Å². The van der Waals surface area contributed by atoms with Crippen LogP contribution in [0.2, 0.25) is 0 Å². The van der Waals surface area contributed by atoms with Gasteiger partial charge in [0.05, 0.1) is 13.2 Å². The van der Waals surface area contributed by atoms with E-state index in [2.05, 4.69) is 11.6 Å². The smallest absolute Gasteiger partial charge is 0.195 e. The first-order valence-corrected chi connectivity index (χ1v) is 3.54. The summed E-state index contributed by atoms with van der Waals surface area (Å²) in [5.41, 5.74) is 0.907. The molecule has 3 heteroatoms. The van der Waals surface area contributed by atoms with Gasteiger partial charge in [0.1, 0.15) is 13.2 Å². The van der Waals surface area contributed by atoms with Gasteiger partial charge in [0, 0.05) is 0 Å². The second-order valence-corrected chi connectivity index (χ2v) is 2.78. The first-order chi connectivity index (χ1) is 5.23. The molecule has 0 saturated heterocycles. The number of rotatable bonds is 3. The van der Waals surface area contributed by atoms with Crippen LogP contribution in [0.1, 0.15) is 0 Å². The van der Waals surface area contributed by atoms with Crippen LogP contribution in [0.25, 0.3) is 0 Å². The number of quaternary nitrogens is 1. The zero-order valence-corrected chi connectivity index (χ0v) is 6.70. The number of hydrogen-bond donors (Lipinski definition) is 1. The third kappa shape index (κ3) is 1.39. The summed E-state index contributed by atoms with van der Waals surface area (Å²) in [7, 11) is 1.99. The van der Waals surface area contributed by atoms with Crippen molar-refractivity contribution in [2.75, 3.05) is 20.2 Å². The lowest BCUT2D eigenvalue weighted by molar-refractivity contribution is -0.765. The third-order valence-corrected chi connectivity index (χ3v) is 1.87. The van der Waals surface area contributed by atoms with Gasteiger partial charge >= 0.3 is 0 Å². The Balaban J connectivity index is 2.77. The van der Waals surface area contributed by atoms with E-state index >= 15 is 0 Å². The summed E-state index contributed by atoms with van der Waals surface area (Å²) in [4.78, 5) is 3.98. The summed E-state index contributed by atoms with van der Waals surface area (Å²) in [6, 6.07) is 0. The molecule has 1 N–H and O–H groups in total. The summed E-state index contributed by atoms with van der Waals surface area (Å²) in [5.74, 6) is 0. The maximum Gasteiger partial charge on any atom is 0.195 e. The third-order valence-electron chi connectivity index (χ3n) is 1.87. The van der Waals surface area contributed by atoms with Crippen molar-refractivity contribution in [1.29, 1.82) is 0 Å². The molecule has 0 aromatic heterocycles. The average Bonchev–Trinajstić information content (AvgIpc) is 2.31. The molecule has 1 unspecified atom stereocenters. The molecule has 1 heterocycles. The lowest BCUT2D eigenvalue weighted by atomic mass is 10.3. The topological polar surface area (TPSA) is 32.6 Å².